The Morgan fingerprint density at radius 1 is 1.47 bits per heavy atom. The Hall–Kier alpha value is 0.530. The van der Waals surface area contributed by atoms with Gasteiger partial charge in [0.2, 0.25) is 10.0 Å². The van der Waals surface area contributed by atoms with E-state index in [4.69, 9.17) is 0 Å². The molecule has 1 heterocycles. The molecular formula is C9H13Br2NO3S2. The fourth-order valence-corrected chi connectivity index (χ4v) is 6.38. The van der Waals surface area contributed by atoms with Crippen LogP contribution in [0.25, 0.3) is 0 Å². The highest BCUT2D eigenvalue weighted by Gasteiger charge is 2.29. The summed E-state index contributed by atoms with van der Waals surface area (Å²) in [5.74, 6) is 0. The van der Waals surface area contributed by atoms with Crippen molar-refractivity contribution < 1.29 is 13.5 Å². The number of sulfonamides is 1. The van der Waals surface area contributed by atoms with Crippen LogP contribution in [0.2, 0.25) is 0 Å². The number of aliphatic hydroxyl groups is 1. The standard InChI is InChI=1S/C9H13Br2NO3S2/c1-9(2,13)5-12(3)17(14,15)6-4-7(10)16-8(6)11/h4,13H,5H2,1-3H3. The number of rotatable bonds is 4. The minimum atomic E-state index is -3.58. The lowest BCUT2D eigenvalue weighted by molar-refractivity contribution is 0.0640. The van der Waals surface area contributed by atoms with E-state index in [9.17, 15) is 13.5 Å². The normalized spacial score (nSPS) is 13.4. The Balaban J connectivity index is 3.08. The zero-order valence-electron chi connectivity index (χ0n) is 9.57. The molecule has 1 rings (SSSR count). The van der Waals surface area contributed by atoms with Crippen molar-refractivity contribution >= 4 is 53.2 Å². The first kappa shape index (κ1) is 15.6. The molecule has 0 unspecified atom stereocenters. The molecule has 1 aromatic heterocycles. The van der Waals surface area contributed by atoms with Crippen molar-refractivity contribution in [1.29, 1.82) is 0 Å². The quantitative estimate of drug-likeness (QED) is 0.836. The smallest absolute Gasteiger partial charge is 0.244 e. The van der Waals surface area contributed by atoms with Crippen LogP contribution in [0, 0.1) is 0 Å². The maximum absolute atomic E-state index is 12.2. The van der Waals surface area contributed by atoms with E-state index in [1.165, 1.54) is 18.4 Å². The van der Waals surface area contributed by atoms with Gasteiger partial charge in [0, 0.05) is 13.6 Å². The maximum atomic E-state index is 12.2. The van der Waals surface area contributed by atoms with Gasteiger partial charge in [0.1, 0.15) is 4.90 Å². The molecular weight excluding hydrogens is 394 g/mol. The van der Waals surface area contributed by atoms with Crippen LogP contribution < -0.4 is 0 Å². The number of hydrogen-bond acceptors (Lipinski definition) is 4. The Labute approximate surface area is 122 Å². The Morgan fingerprint density at radius 2 is 2.00 bits per heavy atom. The third-order valence-electron chi connectivity index (χ3n) is 1.92. The molecule has 0 aliphatic rings. The maximum Gasteiger partial charge on any atom is 0.244 e. The van der Waals surface area contributed by atoms with Crippen molar-refractivity contribution in [3.8, 4) is 0 Å². The van der Waals surface area contributed by atoms with Gasteiger partial charge in [0.15, 0.2) is 0 Å². The molecule has 1 N–H and O–H groups in total. The molecule has 17 heavy (non-hydrogen) atoms. The van der Waals surface area contributed by atoms with Gasteiger partial charge in [0.05, 0.1) is 13.2 Å². The Kier molecular flexibility index (Phi) is 4.82. The summed E-state index contributed by atoms with van der Waals surface area (Å²) in [6.45, 7) is 3.17. The fourth-order valence-electron chi connectivity index (χ4n) is 1.30. The highest BCUT2D eigenvalue weighted by Crippen LogP contribution is 2.36. The third kappa shape index (κ3) is 4.00. The van der Waals surface area contributed by atoms with Gasteiger partial charge in [-0.15, -0.1) is 11.3 Å². The average Bonchev–Trinajstić information content (AvgIpc) is 2.42. The molecule has 1 aromatic rings. The van der Waals surface area contributed by atoms with Crippen molar-refractivity contribution in [3.63, 3.8) is 0 Å². The van der Waals surface area contributed by atoms with Crippen molar-refractivity contribution in [1.82, 2.24) is 4.31 Å². The highest BCUT2D eigenvalue weighted by molar-refractivity contribution is 9.12. The van der Waals surface area contributed by atoms with E-state index in [1.807, 2.05) is 0 Å². The van der Waals surface area contributed by atoms with Crippen LogP contribution in [0.5, 0.6) is 0 Å². The van der Waals surface area contributed by atoms with Crippen molar-refractivity contribution in [2.45, 2.75) is 24.3 Å². The van der Waals surface area contributed by atoms with Gasteiger partial charge in [0.25, 0.3) is 0 Å². The minimum absolute atomic E-state index is 0.0369. The molecule has 0 saturated carbocycles. The average molecular weight is 407 g/mol. The SMILES string of the molecule is CN(CC(C)(C)O)S(=O)(=O)c1cc(Br)sc1Br. The molecule has 8 heteroatoms. The largest absolute Gasteiger partial charge is 0.389 e. The second kappa shape index (κ2) is 5.26. The van der Waals surface area contributed by atoms with Crippen LogP contribution in [0.15, 0.2) is 18.5 Å². The van der Waals surface area contributed by atoms with E-state index < -0.39 is 15.6 Å². The van der Waals surface area contributed by atoms with Crippen molar-refractivity contribution in [2.24, 2.45) is 0 Å². The lowest BCUT2D eigenvalue weighted by atomic mass is 10.1. The molecule has 98 valence electrons. The van der Waals surface area contributed by atoms with Crippen LogP contribution in [-0.2, 0) is 10.0 Å². The van der Waals surface area contributed by atoms with Crippen LogP contribution in [0.3, 0.4) is 0 Å². The van der Waals surface area contributed by atoms with Crippen LogP contribution in [0.1, 0.15) is 13.8 Å². The summed E-state index contributed by atoms with van der Waals surface area (Å²) in [7, 11) is -2.13. The van der Waals surface area contributed by atoms with Gasteiger partial charge in [-0.1, -0.05) is 0 Å². The van der Waals surface area contributed by atoms with Crippen LogP contribution in [-0.4, -0.2) is 37.0 Å². The first-order chi connectivity index (χ1) is 7.54. The lowest BCUT2D eigenvalue weighted by Gasteiger charge is -2.24. The molecule has 0 radical (unpaired) electrons. The predicted octanol–water partition coefficient (Wildman–Crippen LogP) is 2.66. The molecule has 0 aliphatic carbocycles. The molecule has 0 amide bonds. The van der Waals surface area contributed by atoms with E-state index in [1.54, 1.807) is 19.9 Å². The van der Waals surface area contributed by atoms with E-state index in [0.29, 0.717) is 3.79 Å². The van der Waals surface area contributed by atoms with Gasteiger partial charge in [-0.2, -0.15) is 4.31 Å². The summed E-state index contributed by atoms with van der Waals surface area (Å²) >= 11 is 7.76. The minimum Gasteiger partial charge on any atom is -0.389 e. The van der Waals surface area contributed by atoms with Crippen LogP contribution >= 0.6 is 43.2 Å². The Morgan fingerprint density at radius 3 is 2.35 bits per heavy atom. The summed E-state index contributed by atoms with van der Waals surface area (Å²) < 4.78 is 26.9. The lowest BCUT2D eigenvalue weighted by Crippen LogP contribution is -2.39. The summed E-state index contributed by atoms with van der Waals surface area (Å²) in [5, 5.41) is 9.65. The summed E-state index contributed by atoms with van der Waals surface area (Å²) in [6.07, 6.45) is 0. The van der Waals surface area contributed by atoms with Gasteiger partial charge in [-0.3, -0.25) is 0 Å². The number of hydrogen-bond donors (Lipinski definition) is 1. The molecule has 0 atom stereocenters. The molecule has 0 saturated heterocycles. The van der Waals surface area contributed by atoms with Crippen molar-refractivity contribution in [3.05, 3.63) is 13.6 Å². The van der Waals surface area contributed by atoms with E-state index in [2.05, 4.69) is 31.9 Å². The number of thiophene rings is 1. The monoisotopic (exact) mass is 405 g/mol. The molecule has 0 aliphatic heterocycles. The first-order valence-electron chi connectivity index (χ1n) is 4.67. The second-order valence-corrected chi connectivity index (χ2v) is 10.0. The van der Waals surface area contributed by atoms with Crippen molar-refractivity contribution in [2.75, 3.05) is 13.6 Å². The van der Waals surface area contributed by atoms with E-state index in [0.717, 1.165) is 8.09 Å². The van der Waals surface area contributed by atoms with Gasteiger partial charge in [-0.05, 0) is 51.8 Å². The summed E-state index contributed by atoms with van der Waals surface area (Å²) in [5.41, 5.74) is -1.07. The predicted molar refractivity (Wildman–Crippen MR) is 75.8 cm³/mol. The zero-order chi connectivity index (χ0) is 13.4. The number of nitrogens with zero attached hydrogens (tertiary/aromatic N) is 1. The van der Waals surface area contributed by atoms with Gasteiger partial charge < -0.3 is 5.11 Å². The zero-order valence-corrected chi connectivity index (χ0v) is 14.4. The Bertz CT molecular complexity index is 505. The molecule has 0 fully saturated rings. The summed E-state index contributed by atoms with van der Waals surface area (Å²) in [6, 6.07) is 1.55. The van der Waals surface area contributed by atoms with Gasteiger partial charge in [-0.25, -0.2) is 8.42 Å². The van der Waals surface area contributed by atoms with E-state index in [-0.39, 0.29) is 11.4 Å². The topological polar surface area (TPSA) is 57.6 Å². The molecule has 4 nitrogen and oxygen atoms in total. The fraction of sp³-hybridized carbons (Fsp3) is 0.556. The molecule has 0 spiro atoms. The second-order valence-electron chi connectivity index (χ2n) is 4.26. The van der Waals surface area contributed by atoms with Crippen LogP contribution in [0.4, 0.5) is 0 Å². The van der Waals surface area contributed by atoms with Gasteiger partial charge >= 0.3 is 0 Å². The first-order valence-corrected chi connectivity index (χ1v) is 8.52. The summed E-state index contributed by atoms with van der Waals surface area (Å²) in [4.78, 5) is 0.209. The molecule has 0 aromatic carbocycles. The number of halogens is 2. The third-order valence-corrected chi connectivity index (χ3v) is 6.48. The van der Waals surface area contributed by atoms with E-state index >= 15 is 0 Å². The number of likely N-dealkylation sites (N-methyl/N-ethyl adjacent to an activating group) is 1. The highest BCUT2D eigenvalue weighted by atomic mass is 79.9. The molecule has 0 bridgehead atoms.